The number of rotatable bonds is 8. The van der Waals surface area contributed by atoms with Gasteiger partial charge in [-0.2, -0.15) is 0 Å². The molecule has 1 aliphatic carbocycles. The number of imidazole rings is 1. The summed E-state index contributed by atoms with van der Waals surface area (Å²) >= 11 is 1.42. The van der Waals surface area contributed by atoms with Gasteiger partial charge >= 0.3 is 0 Å². The van der Waals surface area contributed by atoms with E-state index in [1.807, 2.05) is 36.5 Å². The molecule has 1 amide bonds. The van der Waals surface area contributed by atoms with Gasteiger partial charge in [0.1, 0.15) is 0 Å². The SMILES string of the molecule is CC(=O)[C@@H](Cc1ccccc1)NC(=O)CSc1nccn1C1CC1. The Labute approximate surface area is 145 Å². The maximum Gasteiger partial charge on any atom is 0.231 e. The number of hydrogen-bond acceptors (Lipinski definition) is 4. The van der Waals surface area contributed by atoms with Crippen LogP contribution >= 0.6 is 11.8 Å². The van der Waals surface area contributed by atoms with Crippen LogP contribution in [0.1, 0.15) is 31.4 Å². The lowest BCUT2D eigenvalue weighted by Gasteiger charge is -2.16. The lowest BCUT2D eigenvalue weighted by atomic mass is 10.0. The summed E-state index contributed by atoms with van der Waals surface area (Å²) in [5.41, 5.74) is 1.04. The summed E-state index contributed by atoms with van der Waals surface area (Å²) < 4.78 is 2.13. The quantitative estimate of drug-likeness (QED) is 0.749. The Morgan fingerprint density at radius 1 is 1.33 bits per heavy atom. The number of nitrogens with one attached hydrogen (secondary N) is 1. The van der Waals surface area contributed by atoms with Gasteiger partial charge < -0.3 is 9.88 Å². The van der Waals surface area contributed by atoms with Crippen molar-refractivity contribution in [3.05, 3.63) is 48.3 Å². The van der Waals surface area contributed by atoms with Crippen molar-refractivity contribution in [1.82, 2.24) is 14.9 Å². The fourth-order valence-electron chi connectivity index (χ4n) is 2.55. The maximum atomic E-state index is 12.2. The number of thioether (sulfide) groups is 1. The fraction of sp³-hybridized carbons (Fsp3) is 0.389. The van der Waals surface area contributed by atoms with Crippen LogP contribution < -0.4 is 5.32 Å². The van der Waals surface area contributed by atoms with Crippen molar-refractivity contribution in [3.8, 4) is 0 Å². The highest BCUT2D eigenvalue weighted by Gasteiger charge is 2.26. The minimum atomic E-state index is -0.483. The second-order valence-electron chi connectivity index (χ2n) is 6.06. The van der Waals surface area contributed by atoms with Gasteiger partial charge in [-0.3, -0.25) is 9.59 Å². The number of nitrogens with zero attached hydrogens (tertiary/aromatic N) is 2. The van der Waals surface area contributed by atoms with E-state index in [0.29, 0.717) is 12.5 Å². The summed E-state index contributed by atoms with van der Waals surface area (Å²) in [7, 11) is 0. The number of benzene rings is 1. The lowest BCUT2D eigenvalue weighted by Crippen LogP contribution is -2.42. The fourth-order valence-corrected chi connectivity index (χ4v) is 3.39. The van der Waals surface area contributed by atoms with Gasteiger partial charge in [-0.1, -0.05) is 42.1 Å². The first-order valence-electron chi connectivity index (χ1n) is 8.13. The van der Waals surface area contributed by atoms with Crippen molar-refractivity contribution < 1.29 is 9.59 Å². The average molecular weight is 343 g/mol. The molecule has 0 saturated heterocycles. The summed E-state index contributed by atoms with van der Waals surface area (Å²) in [4.78, 5) is 28.4. The Morgan fingerprint density at radius 2 is 2.08 bits per heavy atom. The van der Waals surface area contributed by atoms with E-state index < -0.39 is 6.04 Å². The molecule has 1 heterocycles. The molecule has 6 heteroatoms. The molecule has 5 nitrogen and oxygen atoms in total. The highest BCUT2D eigenvalue weighted by molar-refractivity contribution is 7.99. The van der Waals surface area contributed by atoms with Crippen LogP contribution in [0.3, 0.4) is 0 Å². The molecular weight excluding hydrogens is 322 g/mol. The van der Waals surface area contributed by atoms with E-state index in [-0.39, 0.29) is 17.4 Å². The number of amides is 1. The summed E-state index contributed by atoms with van der Waals surface area (Å²) in [5.74, 6) is 0.0978. The largest absolute Gasteiger partial charge is 0.345 e. The third kappa shape index (κ3) is 4.47. The number of hydrogen-bond donors (Lipinski definition) is 1. The molecule has 126 valence electrons. The standard InChI is InChI=1S/C18H21N3O2S/c1-13(22)16(11-14-5-3-2-4-6-14)20-17(23)12-24-18-19-9-10-21(18)15-7-8-15/h2-6,9-10,15-16H,7-8,11-12H2,1H3,(H,20,23)/t16-/m1/s1. The Balaban J connectivity index is 1.53. The van der Waals surface area contributed by atoms with Crippen molar-refractivity contribution in [2.45, 2.75) is 43.4 Å². The van der Waals surface area contributed by atoms with Crippen molar-refractivity contribution >= 4 is 23.5 Å². The van der Waals surface area contributed by atoms with E-state index in [1.165, 1.54) is 31.5 Å². The van der Waals surface area contributed by atoms with Crippen LogP contribution in [0, 0.1) is 0 Å². The molecule has 0 radical (unpaired) electrons. The van der Waals surface area contributed by atoms with E-state index in [1.54, 1.807) is 6.20 Å². The monoisotopic (exact) mass is 343 g/mol. The number of aromatic nitrogens is 2. The molecule has 1 atom stereocenters. The number of Topliss-reactive ketones (excluding diaryl/α,β-unsaturated/α-hetero) is 1. The summed E-state index contributed by atoms with van der Waals surface area (Å²) in [6.07, 6.45) is 6.61. The molecule has 1 aliphatic rings. The van der Waals surface area contributed by atoms with E-state index in [0.717, 1.165) is 10.7 Å². The van der Waals surface area contributed by atoms with Crippen molar-refractivity contribution in [2.24, 2.45) is 0 Å². The number of carbonyl (C=O) groups excluding carboxylic acids is 2. The minimum Gasteiger partial charge on any atom is -0.345 e. The van der Waals surface area contributed by atoms with Crippen LogP contribution in [0.5, 0.6) is 0 Å². The first-order valence-corrected chi connectivity index (χ1v) is 9.11. The van der Waals surface area contributed by atoms with Crippen LogP contribution in [0.2, 0.25) is 0 Å². The highest BCUT2D eigenvalue weighted by atomic mass is 32.2. The molecule has 1 saturated carbocycles. The summed E-state index contributed by atoms with van der Waals surface area (Å²) in [6.45, 7) is 1.51. The van der Waals surface area contributed by atoms with Gasteiger partial charge in [0.25, 0.3) is 0 Å². The zero-order valence-electron chi connectivity index (χ0n) is 13.6. The molecule has 1 aromatic carbocycles. The Bertz CT molecular complexity index is 710. The van der Waals surface area contributed by atoms with E-state index in [9.17, 15) is 9.59 Å². The summed E-state index contributed by atoms with van der Waals surface area (Å²) in [6, 6.07) is 9.78. The molecule has 1 N–H and O–H groups in total. The van der Waals surface area contributed by atoms with Crippen LogP contribution in [0.25, 0.3) is 0 Å². The number of ketones is 1. The molecule has 0 bridgehead atoms. The number of carbonyl (C=O) groups is 2. The molecular formula is C18H21N3O2S. The molecule has 0 aliphatic heterocycles. The second kappa shape index (κ2) is 7.66. The van der Waals surface area contributed by atoms with E-state index in [4.69, 9.17) is 0 Å². The predicted octanol–water partition coefficient (Wildman–Crippen LogP) is 2.63. The summed E-state index contributed by atoms with van der Waals surface area (Å²) in [5, 5.41) is 3.72. The molecule has 1 fully saturated rings. The maximum absolute atomic E-state index is 12.2. The zero-order chi connectivity index (χ0) is 16.9. The van der Waals surface area contributed by atoms with Gasteiger partial charge in [-0.05, 0) is 31.7 Å². The topological polar surface area (TPSA) is 64.0 Å². The third-order valence-electron chi connectivity index (χ3n) is 4.01. The predicted molar refractivity (Wildman–Crippen MR) is 94.0 cm³/mol. The zero-order valence-corrected chi connectivity index (χ0v) is 14.5. The second-order valence-corrected chi connectivity index (χ2v) is 7.00. The van der Waals surface area contributed by atoms with E-state index in [2.05, 4.69) is 14.9 Å². The first kappa shape index (κ1) is 16.8. The minimum absolute atomic E-state index is 0.0308. The molecule has 3 rings (SSSR count). The normalized spacial score (nSPS) is 15.0. The van der Waals surface area contributed by atoms with Gasteiger partial charge in [0, 0.05) is 18.4 Å². The van der Waals surface area contributed by atoms with Crippen LogP contribution in [0.15, 0.2) is 47.9 Å². The third-order valence-corrected chi connectivity index (χ3v) is 5.00. The van der Waals surface area contributed by atoms with Gasteiger partial charge in [-0.25, -0.2) is 4.98 Å². The van der Waals surface area contributed by atoms with Crippen LogP contribution in [0.4, 0.5) is 0 Å². The first-order chi connectivity index (χ1) is 11.6. The van der Waals surface area contributed by atoms with Crippen molar-refractivity contribution in [3.63, 3.8) is 0 Å². The van der Waals surface area contributed by atoms with Gasteiger partial charge in [0.05, 0.1) is 11.8 Å². The van der Waals surface area contributed by atoms with E-state index >= 15 is 0 Å². The van der Waals surface area contributed by atoms with Gasteiger partial charge in [-0.15, -0.1) is 0 Å². The Hall–Kier alpha value is -2.08. The van der Waals surface area contributed by atoms with Crippen LogP contribution in [-0.2, 0) is 16.0 Å². The molecule has 0 unspecified atom stereocenters. The van der Waals surface area contributed by atoms with Gasteiger partial charge in [0.2, 0.25) is 5.91 Å². The van der Waals surface area contributed by atoms with Crippen molar-refractivity contribution in [1.29, 1.82) is 0 Å². The lowest BCUT2D eigenvalue weighted by molar-refractivity contribution is -0.125. The smallest absolute Gasteiger partial charge is 0.231 e. The van der Waals surface area contributed by atoms with Crippen molar-refractivity contribution in [2.75, 3.05) is 5.75 Å². The molecule has 0 spiro atoms. The van der Waals surface area contributed by atoms with Gasteiger partial charge in [0.15, 0.2) is 10.9 Å². The molecule has 24 heavy (non-hydrogen) atoms. The molecule has 1 aromatic heterocycles. The Kier molecular flexibility index (Phi) is 5.35. The molecule has 2 aromatic rings. The Morgan fingerprint density at radius 3 is 2.75 bits per heavy atom. The highest BCUT2D eigenvalue weighted by Crippen LogP contribution is 2.37. The van der Waals surface area contributed by atoms with Crippen LogP contribution in [-0.4, -0.2) is 33.0 Å². The average Bonchev–Trinajstić information content (AvgIpc) is 3.31.